The predicted octanol–water partition coefficient (Wildman–Crippen LogP) is 1.91. The molecule has 1 aliphatic rings. The molecule has 1 saturated carbocycles. The maximum atomic E-state index is 12.5. The van der Waals surface area contributed by atoms with Crippen LogP contribution in [0.1, 0.15) is 52.9 Å². The van der Waals surface area contributed by atoms with Gasteiger partial charge in [-0.2, -0.15) is 0 Å². The standard InChI is InChI=1S/C15H29NO4S/c1-5-8-16-12(2)9-13(3)21(18,19)11-15(6-7-15)10-14(17)20-4/h12-13,16H,5-11H2,1-4H3. The van der Waals surface area contributed by atoms with Crippen molar-refractivity contribution in [1.29, 1.82) is 0 Å². The number of ether oxygens (including phenoxy) is 1. The maximum absolute atomic E-state index is 12.5. The molecule has 0 heterocycles. The van der Waals surface area contributed by atoms with Gasteiger partial charge in [0.1, 0.15) is 0 Å². The van der Waals surface area contributed by atoms with Crippen LogP contribution in [-0.4, -0.2) is 45.1 Å². The molecule has 0 bridgehead atoms. The number of hydrogen-bond acceptors (Lipinski definition) is 5. The highest BCUT2D eigenvalue weighted by molar-refractivity contribution is 7.92. The lowest BCUT2D eigenvalue weighted by molar-refractivity contribution is -0.141. The third-order valence-corrected chi connectivity index (χ3v) is 6.69. The zero-order chi connectivity index (χ0) is 16.1. The van der Waals surface area contributed by atoms with E-state index in [-0.39, 0.29) is 34.8 Å². The second-order valence-corrected chi connectivity index (χ2v) is 8.88. The first kappa shape index (κ1) is 18.4. The van der Waals surface area contributed by atoms with Gasteiger partial charge in [-0.25, -0.2) is 8.42 Å². The van der Waals surface area contributed by atoms with Crippen molar-refractivity contribution >= 4 is 15.8 Å². The fourth-order valence-electron chi connectivity index (χ4n) is 2.61. The number of rotatable bonds is 10. The van der Waals surface area contributed by atoms with Crippen LogP contribution < -0.4 is 5.32 Å². The van der Waals surface area contributed by atoms with Crippen LogP contribution in [0, 0.1) is 5.41 Å². The van der Waals surface area contributed by atoms with Crippen molar-refractivity contribution in [3.05, 3.63) is 0 Å². The van der Waals surface area contributed by atoms with Gasteiger partial charge in [-0.1, -0.05) is 6.92 Å². The van der Waals surface area contributed by atoms with E-state index in [1.54, 1.807) is 6.92 Å². The Bertz CT molecular complexity index is 443. The summed E-state index contributed by atoms with van der Waals surface area (Å²) in [6.45, 7) is 6.78. The summed E-state index contributed by atoms with van der Waals surface area (Å²) in [6.07, 6.45) is 3.47. The first-order valence-corrected chi connectivity index (χ1v) is 9.48. The lowest BCUT2D eigenvalue weighted by Gasteiger charge is -2.21. The van der Waals surface area contributed by atoms with E-state index in [0.29, 0.717) is 6.42 Å². The Labute approximate surface area is 128 Å². The summed E-state index contributed by atoms with van der Waals surface area (Å²) < 4.78 is 29.6. The van der Waals surface area contributed by atoms with Gasteiger partial charge < -0.3 is 10.1 Å². The van der Waals surface area contributed by atoms with E-state index in [4.69, 9.17) is 0 Å². The number of hydrogen-bond donors (Lipinski definition) is 1. The van der Waals surface area contributed by atoms with Gasteiger partial charge in [-0.05, 0) is 51.5 Å². The van der Waals surface area contributed by atoms with Crippen molar-refractivity contribution in [2.24, 2.45) is 5.41 Å². The van der Waals surface area contributed by atoms with E-state index >= 15 is 0 Å². The Hall–Kier alpha value is -0.620. The minimum Gasteiger partial charge on any atom is -0.469 e. The smallest absolute Gasteiger partial charge is 0.306 e. The molecule has 1 rings (SSSR count). The summed E-state index contributed by atoms with van der Waals surface area (Å²) >= 11 is 0. The van der Waals surface area contributed by atoms with E-state index in [1.807, 2.05) is 6.92 Å². The van der Waals surface area contributed by atoms with Crippen LogP contribution in [0.3, 0.4) is 0 Å². The lowest BCUT2D eigenvalue weighted by Crippen LogP contribution is -2.35. The van der Waals surface area contributed by atoms with Gasteiger partial charge in [0.25, 0.3) is 0 Å². The number of methoxy groups -OCH3 is 1. The fraction of sp³-hybridized carbons (Fsp3) is 0.933. The molecule has 1 aliphatic carbocycles. The van der Waals surface area contributed by atoms with Crippen LogP contribution in [0.15, 0.2) is 0 Å². The molecule has 124 valence electrons. The van der Waals surface area contributed by atoms with Crippen LogP contribution in [-0.2, 0) is 19.4 Å². The van der Waals surface area contributed by atoms with E-state index in [2.05, 4.69) is 17.0 Å². The highest BCUT2D eigenvalue weighted by Gasteiger charge is 2.48. The van der Waals surface area contributed by atoms with Crippen molar-refractivity contribution in [1.82, 2.24) is 5.32 Å². The molecule has 5 nitrogen and oxygen atoms in total. The highest BCUT2D eigenvalue weighted by atomic mass is 32.2. The molecule has 0 aromatic rings. The highest BCUT2D eigenvalue weighted by Crippen LogP contribution is 2.50. The third-order valence-electron chi connectivity index (χ3n) is 4.25. The van der Waals surface area contributed by atoms with E-state index in [9.17, 15) is 13.2 Å². The molecule has 0 amide bonds. The second-order valence-electron chi connectivity index (χ2n) is 6.46. The molecule has 1 N–H and O–H groups in total. The summed E-state index contributed by atoms with van der Waals surface area (Å²) in [5, 5.41) is 2.93. The van der Waals surface area contributed by atoms with Crippen LogP contribution in [0.4, 0.5) is 0 Å². The normalized spacial score (nSPS) is 19.8. The quantitative estimate of drug-likeness (QED) is 0.623. The van der Waals surface area contributed by atoms with Gasteiger partial charge in [-0.15, -0.1) is 0 Å². The number of carbonyl (C=O) groups is 1. The van der Waals surface area contributed by atoms with Crippen LogP contribution in [0.25, 0.3) is 0 Å². The molecular formula is C15H29NO4S. The summed E-state index contributed by atoms with van der Waals surface area (Å²) in [5.74, 6) is -0.204. The van der Waals surface area contributed by atoms with Gasteiger partial charge >= 0.3 is 5.97 Å². The first-order chi connectivity index (χ1) is 9.74. The zero-order valence-corrected chi connectivity index (χ0v) is 14.5. The van der Waals surface area contributed by atoms with Crippen molar-refractivity contribution < 1.29 is 17.9 Å². The molecular weight excluding hydrogens is 290 g/mol. The van der Waals surface area contributed by atoms with Crippen molar-refractivity contribution in [3.63, 3.8) is 0 Å². The molecule has 2 unspecified atom stereocenters. The molecule has 0 aromatic carbocycles. The molecule has 1 fully saturated rings. The second kappa shape index (κ2) is 7.58. The van der Waals surface area contributed by atoms with Crippen LogP contribution in [0.5, 0.6) is 0 Å². The lowest BCUT2D eigenvalue weighted by atomic mass is 10.1. The predicted molar refractivity (Wildman–Crippen MR) is 83.9 cm³/mol. The largest absolute Gasteiger partial charge is 0.469 e. The summed E-state index contributed by atoms with van der Waals surface area (Å²) in [4.78, 5) is 11.4. The summed E-state index contributed by atoms with van der Waals surface area (Å²) in [6, 6.07) is 0.186. The van der Waals surface area contributed by atoms with Crippen LogP contribution >= 0.6 is 0 Å². The zero-order valence-electron chi connectivity index (χ0n) is 13.6. The SMILES string of the molecule is CCCNC(C)CC(C)S(=O)(=O)CC1(CC(=O)OC)CC1. The Morgan fingerprint density at radius 2 is 1.95 bits per heavy atom. The Morgan fingerprint density at radius 1 is 1.33 bits per heavy atom. The topological polar surface area (TPSA) is 72.5 Å². The third kappa shape index (κ3) is 5.94. The molecule has 0 saturated heterocycles. The number of sulfone groups is 1. The molecule has 21 heavy (non-hydrogen) atoms. The fourth-order valence-corrected chi connectivity index (χ4v) is 4.73. The maximum Gasteiger partial charge on any atom is 0.306 e. The van der Waals surface area contributed by atoms with E-state index in [1.165, 1.54) is 7.11 Å². The van der Waals surface area contributed by atoms with Crippen molar-refractivity contribution in [2.45, 2.75) is 64.2 Å². The number of carbonyl (C=O) groups excluding carboxylic acids is 1. The molecule has 0 aliphatic heterocycles. The summed E-state index contributed by atoms with van der Waals surface area (Å²) in [5.41, 5.74) is -0.361. The molecule has 2 atom stereocenters. The Morgan fingerprint density at radius 3 is 2.43 bits per heavy atom. The minimum absolute atomic E-state index is 0.108. The molecule has 0 aromatic heterocycles. The Kier molecular flexibility index (Phi) is 6.66. The Balaban J connectivity index is 2.54. The van der Waals surface area contributed by atoms with E-state index < -0.39 is 9.84 Å². The average Bonchev–Trinajstić information content (AvgIpc) is 3.14. The number of nitrogens with one attached hydrogen (secondary N) is 1. The van der Waals surface area contributed by atoms with Gasteiger partial charge in [0.2, 0.25) is 0 Å². The average molecular weight is 319 g/mol. The number of esters is 1. The molecule has 6 heteroatoms. The van der Waals surface area contributed by atoms with Crippen molar-refractivity contribution in [2.75, 3.05) is 19.4 Å². The molecule has 0 radical (unpaired) electrons. The minimum atomic E-state index is -3.18. The van der Waals surface area contributed by atoms with Gasteiger partial charge in [0, 0.05) is 6.04 Å². The van der Waals surface area contributed by atoms with Gasteiger partial charge in [0.15, 0.2) is 9.84 Å². The van der Waals surface area contributed by atoms with Gasteiger partial charge in [-0.3, -0.25) is 4.79 Å². The van der Waals surface area contributed by atoms with Gasteiger partial charge in [0.05, 0.1) is 24.5 Å². The molecule has 0 spiro atoms. The van der Waals surface area contributed by atoms with Crippen molar-refractivity contribution in [3.8, 4) is 0 Å². The monoisotopic (exact) mass is 319 g/mol. The summed E-state index contributed by atoms with van der Waals surface area (Å²) in [7, 11) is -1.83. The van der Waals surface area contributed by atoms with Crippen LogP contribution in [0.2, 0.25) is 0 Å². The van der Waals surface area contributed by atoms with E-state index in [0.717, 1.165) is 25.8 Å². The first-order valence-electron chi connectivity index (χ1n) is 7.76.